The van der Waals surface area contributed by atoms with Gasteiger partial charge < -0.3 is 0 Å². The highest BCUT2D eigenvalue weighted by atomic mass is 32.1. The zero-order chi connectivity index (χ0) is 24.3. The first-order valence-electron chi connectivity index (χ1n) is 13.0. The van der Waals surface area contributed by atoms with Gasteiger partial charge in [-0.1, -0.05) is 109 Å². The predicted octanol–water partition coefficient (Wildman–Crippen LogP) is 9.05. The Hall–Kier alpha value is -4.20. The second-order valence-corrected chi connectivity index (χ2v) is 11.0. The Bertz CT molecular complexity index is 2110. The Labute approximate surface area is 219 Å². The minimum Gasteiger partial charge on any atom is -0.135 e. The summed E-state index contributed by atoms with van der Waals surface area (Å²) in [6, 6.07) is 40.4. The van der Waals surface area contributed by atoms with Crippen molar-refractivity contribution in [3.8, 4) is 22.3 Å². The van der Waals surface area contributed by atoms with Gasteiger partial charge in [0.05, 0.1) is 0 Å². The second kappa shape index (κ2) is 8.16. The molecule has 1 aromatic heterocycles. The van der Waals surface area contributed by atoms with E-state index < -0.39 is 0 Å². The van der Waals surface area contributed by atoms with E-state index in [9.17, 15) is 0 Å². The first-order valence-corrected chi connectivity index (χ1v) is 13.8. The molecule has 174 valence electrons. The van der Waals surface area contributed by atoms with Crippen LogP contribution in [0, 0.1) is 0 Å². The molecule has 0 aliphatic heterocycles. The van der Waals surface area contributed by atoms with Crippen LogP contribution in [0.4, 0.5) is 0 Å². The van der Waals surface area contributed by atoms with Crippen LogP contribution < -0.4 is 9.75 Å². The van der Waals surface area contributed by atoms with E-state index in [0.29, 0.717) is 0 Å². The van der Waals surface area contributed by atoms with Crippen molar-refractivity contribution < 1.29 is 0 Å². The number of hydrogen-bond acceptors (Lipinski definition) is 1. The average molecular weight is 489 g/mol. The molecule has 0 saturated carbocycles. The third-order valence-electron chi connectivity index (χ3n) is 7.88. The lowest BCUT2D eigenvalue weighted by atomic mass is 9.91. The topological polar surface area (TPSA) is 0 Å². The average Bonchev–Trinajstić information content (AvgIpc) is 3.36. The predicted molar refractivity (Wildman–Crippen MR) is 163 cm³/mol. The Morgan fingerprint density at radius 1 is 0.432 bits per heavy atom. The fourth-order valence-corrected chi connectivity index (χ4v) is 7.45. The maximum Gasteiger partial charge on any atom is 0.0433 e. The normalized spacial score (nSPS) is 13.1. The molecule has 0 radical (unpaired) electrons. The monoisotopic (exact) mass is 488 g/mol. The molecule has 0 saturated heterocycles. The van der Waals surface area contributed by atoms with Gasteiger partial charge in [0.25, 0.3) is 0 Å². The summed E-state index contributed by atoms with van der Waals surface area (Å²) in [6.07, 6.45) is 7.11. The van der Waals surface area contributed by atoms with E-state index in [1.165, 1.54) is 74.4 Å². The van der Waals surface area contributed by atoms with Gasteiger partial charge in [-0.05, 0) is 84.8 Å². The summed E-state index contributed by atoms with van der Waals surface area (Å²) in [6.45, 7) is 0. The van der Waals surface area contributed by atoms with E-state index >= 15 is 0 Å². The first kappa shape index (κ1) is 20.9. The van der Waals surface area contributed by atoms with Crippen molar-refractivity contribution in [1.29, 1.82) is 0 Å². The highest BCUT2D eigenvalue weighted by Gasteiger charge is 2.12. The molecule has 0 nitrogen and oxygen atoms in total. The van der Waals surface area contributed by atoms with Crippen molar-refractivity contribution in [2.75, 3.05) is 0 Å². The van der Waals surface area contributed by atoms with E-state index in [-0.39, 0.29) is 0 Å². The first-order chi connectivity index (χ1) is 18.3. The Morgan fingerprint density at radius 3 is 1.81 bits per heavy atom. The SMILES string of the molecule is C1=c2sc3c(-c4cccc(-c5ccc6c7ccccc7c7ccccc7c6c5)c4)cccc3c2=CCC1. The van der Waals surface area contributed by atoms with Gasteiger partial charge in [-0.15, -0.1) is 11.3 Å². The van der Waals surface area contributed by atoms with Gasteiger partial charge in [-0.3, -0.25) is 0 Å². The number of benzene rings is 6. The lowest BCUT2D eigenvalue weighted by Crippen LogP contribution is -2.20. The van der Waals surface area contributed by atoms with Crippen molar-refractivity contribution >= 4 is 65.9 Å². The maximum absolute atomic E-state index is 2.41. The maximum atomic E-state index is 2.41. The minimum absolute atomic E-state index is 1.14. The molecule has 0 bridgehead atoms. The van der Waals surface area contributed by atoms with Gasteiger partial charge in [0, 0.05) is 14.6 Å². The number of thiophene rings is 1. The van der Waals surface area contributed by atoms with Crippen LogP contribution in [0.15, 0.2) is 109 Å². The lowest BCUT2D eigenvalue weighted by molar-refractivity contribution is 1.13. The lowest BCUT2D eigenvalue weighted by Gasteiger charge is -2.12. The van der Waals surface area contributed by atoms with Crippen LogP contribution in [-0.4, -0.2) is 0 Å². The van der Waals surface area contributed by atoms with E-state index in [1.54, 1.807) is 0 Å². The summed E-state index contributed by atoms with van der Waals surface area (Å²) in [5.41, 5.74) is 5.13. The van der Waals surface area contributed by atoms with Gasteiger partial charge in [-0.2, -0.15) is 0 Å². The van der Waals surface area contributed by atoms with Crippen molar-refractivity contribution in [1.82, 2.24) is 0 Å². The largest absolute Gasteiger partial charge is 0.135 e. The smallest absolute Gasteiger partial charge is 0.0433 e. The molecule has 8 rings (SSSR count). The van der Waals surface area contributed by atoms with Crippen molar-refractivity contribution in [2.45, 2.75) is 12.8 Å². The van der Waals surface area contributed by atoms with Gasteiger partial charge in [0.1, 0.15) is 0 Å². The summed E-state index contributed by atoms with van der Waals surface area (Å²) in [5, 5.41) is 10.7. The van der Waals surface area contributed by atoms with Crippen LogP contribution in [0.1, 0.15) is 12.8 Å². The van der Waals surface area contributed by atoms with Crippen LogP contribution in [-0.2, 0) is 0 Å². The third-order valence-corrected chi connectivity index (χ3v) is 9.13. The van der Waals surface area contributed by atoms with Crippen molar-refractivity contribution in [3.05, 3.63) is 119 Å². The number of hydrogen-bond donors (Lipinski definition) is 0. The Kier molecular flexibility index (Phi) is 4.62. The summed E-state index contributed by atoms with van der Waals surface area (Å²) < 4.78 is 2.83. The zero-order valence-electron chi connectivity index (χ0n) is 20.4. The van der Waals surface area contributed by atoms with Gasteiger partial charge in [-0.25, -0.2) is 0 Å². The zero-order valence-corrected chi connectivity index (χ0v) is 21.2. The van der Waals surface area contributed by atoms with Crippen LogP contribution in [0.5, 0.6) is 0 Å². The summed E-state index contributed by atoms with van der Waals surface area (Å²) in [5.74, 6) is 0. The Morgan fingerprint density at radius 2 is 1.03 bits per heavy atom. The molecule has 0 unspecified atom stereocenters. The van der Waals surface area contributed by atoms with Gasteiger partial charge >= 0.3 is 0 Å². The quantitative estimate of drug-likeness (QED) is 0.213. The molecule has 1 heteroatoms. The summed E-state index contributed by atoms with van der Waals surface area (Å²) in [7, 11) is 0. The standard InChI is InChI=1S/C36H24S/c1-2-13-29-27(11-1)28-12-3-4-14-30(28)34-22-24(19-20-31(29)34)23-9-7-10-25(21-23)26-16-8-17-33-32-15-5-6-18-35(32)37-36(26)33/h1-4,7-22H,5-6H2. The molecule has 7 aromatic rings. The fourth-order valence-electron chi connectivity index (χ4n) is 6.14. The third kappa shape index (κ3) is 3.21. The highest BCUT2D eigenvalue weighted by molar-refractivity contribution is 7.17. The molecule has 1 aliphatic carbocycles. The molecule has 6 aromatic carbocycles. The molecular formula is C36H24S. The van der Waals surface area contributed by atoms with Crippen molar-refractivity contribution in [2.24, 2.45) is 0 Å². The summed E-state index contributed by atoms with van der Waals surface area (Å²) in [4.78, 5) is 0. The molecule has 0 fully saturated rings. The molecule has 0 atom stereocenters. The Balaban J connectivity index is 1.34. The van der Waals surface area contributed by atoms with Crippen LogP contribution in [0.25, 0.3) is 76.8 Å². The molecule has 37 heavy (non-hydrogen) atoms. The van der Waals surface area contributed by atoms with E-state index in [4.69, 9.17) is 0 Å². The molecule has 0 spiro atoms. The van der Waals surface area contributed by atoms with E-state index in [2.05, 4.69) is 121 Å². The summed E-state index contributed by atoms with van der Waals surface area (Å²) >= 11 is 1.94. The highest BCUT2D eigenvalue weighted by Crippen LogP contribution is 2.38. The van der Waals surface area contributed by atoms with Gasteiger partial charge in [0.15, 0.2) is 0 Å². The molecule has 0 N–H and O–H groups in total. The van der Waals surface area contributed by atoms with E-state index in [1.807, 2.05) is 11.3 Å². The van der Waals surface area contributed by atoms with E-state index in [0.717, 1.165) is 12.8 Å². The molecule has 0 amide bonds. The molecule has 1 heterocycles. The van der Waals surface area contributed by atoms with Gasteiger partial charge in [0.2, 0.25) is 0 Å². The van der Waals surface area contributed by atoms with Crippen molar-refractivity contribution in [3.63, 3.8) is 0 Å². The van der Waals surface area contributed by atoms with Crippen LogP contribution >= 0.6 is 11.3 Å². The van der Waals surface area contributed by atoms with Crippen LogP contribution in [0.3, 0.4) is 0 Å². The molecular weight excluding hydrogens is 464 g/mol. The fraction of sp³-hybridized carbons (Fsp3) is 0.0556. The number of fused-ring (bicyclic) bond motifs is 9. The second-order valence-electron chi connectivity index (χ2n) is 9.98. The molecule has 1 aliphatic rings. The van der Waals surface area contributed by atoms with Crippen LogP contribution in [0.2, 0.25) is 0 Å². The minimum atomic E-state index is 1.14. The number of rotatable bonds is 2.